The molecule has 3 aliphatic rings. The Morgan fingerprint density at radius 1 is 1.16 bits per heavy atom. The highest BCUT2D eigenvalue weighted by Gasteiger charge is 2.59. The third-order valence-corrected chi connectivity index (χ3v) is 7.77. The standard InChI is InChI=1S/C27H26F3N5O2/c1-17-34(21-14-22(27(28,29)30)23(15-31)32-16-21)25(37)26(10-3-11-26)35(17)20-6-4-18(5-7-20)24(36)19-8-12-33(2)13-9-19/h4-7,14,16,19H,1,3,8-13H2,2H3. The molecule has 37 heavy (non-hydrogen) atoms. The number of nitriles is 1. The zero-order valence-corrected chi connectivity index (χ0v) is 20.4. The molecule has 0 atom stereocenters. The molecule has 1 spiro atoms. The average molecular weight is 510 g/mol. The molecule has 0 radical (unpaired) electrons. The quantitative estimate of drug-likeness (QED) is 0.554. The summed E-state index contributed by atoms with van der Waals surface area (Å²) in [5, 5.41) is 9.07. The molecule has 0 N–H and O–H groups in total. The Morgan fingerprint density at radius 3 is 2.35 bits per heavy atom. The van der Waals surface area contributed by atoms with Gasteiger partial charge in [-0.25, -0.2) is 4.98 Å². The number of benzene rings is 1. The van der Waals surface area contributed by atoms with Crippen molar-refractivity contribution >= 4 is 23.1 Å². The van der Waals surface area contributed by atoms with Crippen molar-refractivity contribution in [2.24, 2.45) is 5.92 Å². The minimum Gasteiger partial charge on any atom is -0.313 e. The van der Waals surface area contributed by atoms with Gasteiger partial charge in [0.1, 0.15) is 17.4 Å². The Morgan fingerprint density at radius 2 is 1.81 bits per heavy atom. The van der Waals surface area contributed by atoms with Crippen molar-refractivity contribution < 1.29 is 22.8 Å². The van der Waals surface area contributed by atoms with Gasteiger partial charge < -0.3 is 9.80 Å². The van der Waals surface area contributed by atoms with E-state index in [2.05, 4.69) is 16.5 Å². The number of nitrogens with zero attached hydrogens (tertiary/aromatic N) is 5. The molecular formula is C27H26F3N5O2. The van der Waals surface area contributed by atoms with Crippen LogP contribution in [-0.2, 0) is 11.0 Å². The Bertz CT molecular complexity index is 1300. The van der Waals surface area contributed by atoms with Crippen molar-refractivity contribution in [1.82, 2.24) is 9.88 Å². The van der Waals surface area contributed by atoms with Gasteiger partial charge in [0.15, 0.2) is 11.5 Å². The molecule has 10 heteroatoms. The van der Waals surface area contributed by atoms with Gasteiger partial charge >= 0.3 is 6.18 Å². The van der Waals surface area contributed by atoms with Gasteiger partial charge in [0, 0.05) is 17.2 Å². The molecule has 2 aliphatic heterocycles. The van der Waals surface area contributed by atoms with E-state index in [1.165, 1.54) is 6.07 Å². The second-order valence-corrected chi connectivity index (χ2v) is 9.97. The first-order valence-corrected chi connectivity index (χ1v) is 12.2. The summed E-state index contributed by atoms with van der Waals surface area (Å²) in [4.78, 5) is 35.4. The van der Waals surface area contributed by atoms with Crippen LogP contribution >= 0.6 is 0 Å². The molecule has 2 aromatic rings. The molecular weight excluding hydrogens is 483 g/mol. The molecule has 7 nitrogen and oxygen atoms in total. The minimum absolute atomic E-state index is 0.0226. The molecule has 3 fully saturated rings. The van der Waals surface area contributed by atoms with Crippen LogP contribution in [-0.4, -0.2) is 47.3 Å². The van der Waals surface area contributed by atoms with Crippen molar-refractivity contribution in [3.8, 4) is 6.07 Å². The summed E-state index contributed by atoms with van der Waals surface area (Å²) in [6.07, 6.45) is -0.259. The fourth-order valence-corrected chi connectivity index (χ4v) is 5.54. The predicted molar refractivity (Wildman–Crippen MR) is 131 cm³/mol. The number of ketones is 1. The summed E-state index contributed by atoms with van der Waals surface area (Å²) in [5.41, 5.74) is -1.77. The maximum absolute atomic E-state index is 13.6. The number of aromatic nitrogens is 1. The van der Waals surface area contributed by atoms with Gasteiger partial charge in [-0.2, -0.15) is 18.4 Å². The van der Waals surface area contributed by atoms with Crippen molar-refractivity contribution in [2.75, 3.05) is 29.9 Å². The molecule has 1 aliphatic carbocycles. The molecule has 3 heterocycles. The molecule has 1 aromatic heterocycles. The SMILES string of the molecule is C=C1N(c2cnc(C#N)c(C(F)(F)F)c2)C(=O)C2(CCC2)N1c1ccc(C(=O)C2CCN(C)CC2)cc1. The van der Waals surface area contributed by atoms with E-state index in [4.69, 9.17) is 5.26 Å². The maximum atomic E-state index is 13.6. The van der Waals surface area contributed by atoms with E-state index in [1.54, 1.807) is 29.2 Å². The normalized spacial score (nSPS) is 20.3. The van der Waals surface area contributed by atoms with E-state index >= 15 is 0 Å². The summed E-state index contributed by atoms with van der Waals surface area (Å²) >= 11 is 0. The number of carbonyl (C=O) groups is 2. The van der Waals surface area contributed by atoms with Gasteiger partial charge in [-0.05, 0) is 82.6 Å². The van der Waals surface area contributed by atoms with E-state index in [0.29, 0.717) is 24.1 Å². The number of amides is 1. The van der Waals surface area contributed by atoms with Crippen LogP contribution in [0.2, 0.25) is 0 Å². The number of carbonyl (C=O) groups excluding carboxylic acids is 2. The van der Waals surface area contributed by atoms with E-state index in [9.17, 15) is 22.8 Å². The lowest BCUT2D eigenvalue weighted by Crippen LogP contribution is -2.54. The lowest BCUT2D eigenvalue weighted by molar-refractivity contribution is -0.138. The van der Waals surface area contributed by atoms with Crippen LogP contribution in [0.5, 0.6) is 0 Å². The van der Waals surface area contributed by atoms with Gasteiger partial charge in [-0.1, -0.05) is 6.58 Å². The van der Waals surface area contributed by atoms with Gasteiger partial charge in [0.2, 0.25) is 0 Å². The highest BCUT2D eigenvalue weighted by atomic mass is 19.4. The third kappa shape index (κ3) is 4.07. The van der Waals surface area contributed by atoms with Gasteiger partial charge in [-0.15, -0.1) is 0 Å². The molecule has 5 rings (SSSR count). The monoisotopic (exact) mass is 509 g/mol. The fourth-order valence-electron chi connectivity index (χ4n) is 5.54. The number of rotatable bonds is 4. The maximum Gasteiger partial charge on any atom is 0.419 e. The molecule has 192 valence electrons. The summed E-state index contributed by atoms with van der Waals surface area (Å²) < 4.78 is 40.7. The second kappa shape index (κ2) is 8.99. The number of alkyl halides is 3. The number of pyridine rings is 1. The van der Waals surface area contributed by atoms with Gasteiger partial charge in [0.25, 0.3) is 5.91 Å². The number of hydrogen-bond acceptors (Lipinski definition) is 6. The van der Waals surface area contributed by atoms with Crippen LogP contribution in [0, 0.1) is 17.2 Å². The van der Waals surface area contributed by atoms with E-state index < -0.39 is 23.0 Å². The van der Waals surface area contributed by atoms with Gasteiger partial charge in [-0.3, -0.25) is 14.5 Å². The third-order valence-electron chi connectivity index (χ3n) is 7.77. The Hall–Kier alpha value is -3.71. The van der Waals surface area contributed by atoms with E-state index in [1.807, 2.05) is 7.05 Å². The van der Waals surface area contributed by atoms with Crippen LogP contribution in [0.4, 0.5) is 24.5 Å². The highest BCUT2D eigenvalue weighted by molar-refractivity contribution is 6.11. The van der Waals surface area contributed by atoms with Crippen LogP contribution in [0.3, 0.4) is 0 Å². The number of hydrogen-bond donors (Lipinski definition) is 0. The molecule has 0 bridgehead atoms. The van der Waals surface area contributed by atoms with Crippen molar-refractivity contribution in [3.63, 3.8) is 0 Å². The predicted octanol–water partition coefficient (Wildman–Crippen LogP) is 4.74. The van der Waals surface area contributed by atoms with Crippen molar-refractivity contribution in [1.29, 1.82) is 5.26 Å². The topological polar surface area (TPSA) is 80.5 Å². The average Bonchev–Trinajstić information content (AvgIpc) is 3.10. The first-order chi connectivity index (χ1) is 17.6. The number of Topliss-reactive ketones (excluding diaryl/α,β-unsaturated/α-hetero) is 1. The number of likely N-dealkylation sites (tertiary alicyclic amines) is 1. The summed E-state index contributed by atoms with van der Waals surface area (Å²) in [6.45, 7) is 5.81. The zero-order valence-electron chi connectivity index (χ0n) is 20.4. The fraction of sp³-hybridized carbons (Fsp3) is 0.407. The van der Waals surface area contributed by atoms with Crippen molar-refractivity contribution in [3.05, 3.63) is 65.7 Å². The zero-order chi connectivity index (χ0) is 26.5. The lowest BCUT2D eigenvalue weighted by atomic mass is 9.75. The van der Waals surface area contributed by atoms with Crippen molar-refractivity contribution in [2.45, 2.75) is 43.8 Å². The number of halogens is 3. The highest BCUT2D eigenvalue weighted by Crippen LogP contribution is 2.50. The first-order valence-electron chi connectivity index (χ1n) is 12.2. The Balaban J connectivity index is 1.46. The largest absolute Gasteiger partial charge is 0.419 e. The first kappa shape index (κ1) is 25.0. The minimum atomic E-state index is -4.80. The summed E-state index contributed by atoms with van der Waals surface area (Å²) in [6, 6.07) is 9.25. The Kier molecular flexibility index (Phi) is 6.07. The summed E-state index contributed by atoms with van der Waals surface area (Å²) in [7, 11) is 2.04. The van der Waals surface area contributed by atoms with E-state index in [-0.39, 0.29) is 29.1 Å². The molecule has 1 aromatic carbocycles. The number of piperidine rings is 1. The smallest absolute Gasteiger partial charge is 0.313 e. The molecule has 1 saturated carbocycles. The Labute approximate surface area is 212 Å². The van der Waals surface area contributed by atoms with Crippen LogP contribution in [0.25, 0.3) is 0 Å². The van der Waals surface area contributed by atoms with Gasteiger partial charge in [0.05, 0.1) is 17.4 Å². The molecule has 1 amide bonds. The van der Waals surface area contributed by atoms with Crippen LogP contribution in [0.15, 0.2) is 48.9 Å². The number of anilines is 2. The second-order valence-electron chi connectivity index (χ2n) is 9.97. The molecule has 0 unspecified atom stereocenters. The van der Waals surface area contributed by atoms with E-state index in [0.717, 1.165) is 49.5 Å². The summed E-state index contributed by atoms with van der Waals surface area (Å²) in [5.74, 6) is -0.0987. The van der Waals surface area contributed by atoms with Crippen LogP contribution in [0.1, 0.15) is 53.7 Å². The van der Waals surface area contributed by atoms with Crippen LogP contribution < -0.4 is 9.80 Å². The molecule has 2 saturated heterocycles. The lowest BCUT2D eigenvalue weighted by Gasteiger charge is -2.43.